The number of hydrogen-bond acceptors (Lipinski definition) is 4. The summed E-state index contributed by atoms with van der Waals surface area (Å²) < 4.78 is 40.6. The SMILES string of the molecule is N[C@@H](C(=O)OC(=O)C(F)(F)F)C(c1ccccc1)c1ccccc1. The zero-order chi connectivity index (χ0) is 17.7. The Morgan fingerprint density at radius 2 is 1.29 bits per heavy atom. The van der Waals surface area contributed by atoms with Crippen molar-refractivity contribution in [3.63, 3.8) is 0 Å². The Hall–Kier alpha value is -2.67. The molecule has 0 fully saturated rings. The molecule has 0 unspecified atom stereocenters. The van der Waals surface area contributed by atoms with Gasteiger partial charge in [-0.3, -0.25) is 0 Å². The minimum absolute atomic E-state index is 0.618. The van der Waals surface area contributed by atoms with E-state index in [4.69, 9.17) is 5.73 Å². The molecule has 0 bridgehead atoms. The predicted molar refractivity (Wildman–Crippen MR) is 79.9 cm³/mol. The first kappa shape index (κ1) is 17.7. The van der Waals surface area contributed by atoms with Gasteiger partial charge in [-0.15, -0.1) is 0 Å². The molecule has 126 valence electrons. The minimum Gasteiger partial charge on any atom is -0.385 e. The van der Waals surface area contributed by atoms with Crippen molar-refractivity contribution in [1.29, 1.82) is 0 Å². The molecule has 2 aromatic rings. The van der Waals surface area contributed by atoms with Gasteiger partial charge in [0.1, 0.15) is 6.04 Å². The molecular weight excluding hydrogens is 323 g/mol. The summed E-state index contributed by atoms with van der Waals surface area (Å²) in [6.45, 7) is 0. The second-order valence-corrected chi connectivity index (χ2v) is 5.03. The number of carbonyl (C=O) groups excluding carboxylic acids is 2. The minimum atomic E-state index is -5.26. The summed E-state index contributed by atoms with van der Waals surface area (Å²) in [6.07, 6.45) is -5.26. The van der Waals surface area contributed by atoms with Crippen LogP contribution in [0.2, 0.25) is 0 Å². The van der Waals surface area contributed by atoms with Gasteiger partial charge in [0.25, 0.3) is 0 Å². The molecule has 0 aliphatic heterocycles. The molecule has 0 heterocycles. The first-order chi connectivity index (χ1) is 11.3. The lowest BCUT2D eigenvalue weighted by molar-refractivity contribution is -0.202. The number of carbonyl (C=O) groups is 2. The van der Waals surface area contributed by atoms with Crippen molar-refractivity contribution >= 4 is 11.9 Å². The number of benzene rings is 2. The van der Waals surface area contributed by atoms with Crippen LogP contribution in [0.1, 0.15) is 17.0 Å². The highest BCUT2D eigenvalue weighted by molar-refractivity contribution is 5.91. The van der Waals surface area contributed by atoms with E-state index in [0.29, 0.717) is 11.1 Å². The standard InChI is InChI=1S/C17H14F3NO3/c18-17(19,20)16(23)24-15(22)14(21)13(11-7-3-1-4-8-11)12-9-5-2-6-10-12/h1-10,13-14H,21H2/t14-/m1/s1. The molecule has 24 heavy (non-hydrogen) atoms. The maximum Gasteiger partial charge on any atom is 0.491 e. The number of ether oxygens (including phenoxy) is 1. The van der Waals surface area contributed by atoms with Crippen molar-refractivity contribution in [2.45, 2.75) is 18.1 Å². The smallest absolute Gasteiger partial charge is 0.385 e. The second kappa shape index (κ2) is 7.27. The highest BCUT2D eigenvalue weighted by Gasteiger charge is 2.44. The van der Waals surface area contributed by atoms with Crippen LogP contribution in [0.3, 0.4) is 0 Å². The monoisotopic (exact) mass is 337 g/mol. The molecule has 0 aliphatic carbocycles. The number of halogens is 3. The average Bonchev–Trinajstić information content (AvgIpc) is 2.56. The maximum absolute atomic E-state index is 12.3. The van der Waals surface area contributed by atoms with Gasteiger partial charge in [-0.2, -0.15) is 13.2 Å². The van der Waals surface area contributed by atoms with E-state index in [1.165, 1.54) is 0 Å². The fourth-order valence-electron chi connectivity index (χ4n) is 2.28. The molecule has 0 saturated carbocycles. The quantitative estimate of drug-likeness (QED) is 0.688. The number of esters is 2. The molecule has 0 spiro atoms. The van der Waals surface area contributed by atoms with Crippen LogP contribution in [0.4, 0.5) is 13.2 Å². The normalized spacial score (nSPS) is 12.7. The number of alkyl halides is 3. The first-order valence-corrected chi connectivity index (χ1v) is 6.99. The van der Waals surface area contributed by atoms with Crippen molar-refractivity contribution in [2.75, 3.05) is 0 Å². The highest BCUT2D eigenvalue weighted by Crippen LogP contribution is 2.28. The molecular formula is C17H14F3NO3. The van der Waals surface area contributed by atoms with Crippen molar-refractivity contribution in [1.82, 2.24) is 0 Å². The van der Waals surface area contributed by atoms with Gasteiger partial charge in [-0.05, 0) is 11.1 Å². The van der Waals surface area contributed by atoms with E-state index >= 15 is 0 Å². The maximum atomic E-state index is 12.3. The Bertz CT molecular complexity index is 663. The van der Waals surface area contributed by atoms with Crippen LogP contribution < -0.4 is 5.73 Å². The van der Waals surface area contributed by atoms with Crippen molar-refractivity contribution in [3.8, 4) is 0 Å². The Balaban J connectivity index is 2.31. The molecule has 2 N–H and O–H groups in total. The molecule has 0 amide bonds. The summed E-state index contributed by atoms with van der Waals surface area (Å²) in [5.74, 6) is -4.77. The molecule has 0 radical (unpaired) electrons. The Labute approximate surface area is 136 Å². The Kier molecular flexibility index (Phi) is 5.35. The first-order valence-electron chi connectivity index (χ1n) is 6.99. The zero-order valence-electron chi connectivity index (χ0n) is 12.4. The molecule has 0 saturated heterocycles. The summed E-state index contributed by atoms with van der Waals surface area (Å²) in [5.41, 5.74) is 7.06. The van der Waals surface area contributed by atoms with Gasteiger partial charge < -0.3 is 10.5 Å². The van der Waals surface area contributed by atoms with Crippen LogP contribution in [-0.4, -0.2) is 24.2 Å². The number of hydrogen-bond donors (Lipinski definition) is 1. The Morgan fingerprint density at radius 1 is 0.875 bits per heavy atom. The summed E-state index contributed by atoms with van der Waals surface area (Å²) in [4.78, 5) is 22.8. The molecule has 0 aromatic heterocycles. The van der Waals surface area contributed by atoms with E-state index in [1.54, 1.807) is 60.7 Å². The lowest BCUT2D eigenvalue weighted by Crippen LogP contribution is -2.41. The van der Waals surface area contributed by atoms with Crippen LogP contribution in [0.5, 0.6) is 0 Å². The van der Waals surface area contributed by atoms with E-state index in [9.17, 15) is 22.8 Å². The third kappa shape index (κ3) is 4.20. The van der Waals surface area contributed by atoms with E-state index in [2.05, 4.69) is 4.74 Å². The lowest BCUT2D eigenvalue weighted by Gasteiger charge is -2.23. The second-order valence-electron chi connectivity index (χ2n) is 5.03. The Morgan fingerprint density at radius 3 is 1.67 bits per heavy atom. The fraction of sp³-hybridized carbons (Fsp3) is 0.176. The molecule has 4 nitrogen and oxygen atoms in total. The predicted octanol–water partition coefficient (Wildman–Crippen LogP) is 2.78. The molecule has 2 rings (SSSR count). The van der Waals surface area contributed by atoms with Gasteiger partial charge >= 0.3 is 18.1 Å². The van der Waals surface area contributed by atoms with Crippen LogP contribution in [-0.2, 0) is 14.3 Å². The zero-order valence-corrected chi connectivity index (χ0v) is 12.4. The van der Waals surface area contributed by atoms with E-state index in [-0.39, 0.29) is 0 Å². The molecule has 7 heteroatoms. The summed E-state index contributed by atoms with van der Waals surface area (Å²) in [7, 11) is 0. The van der Waals surface area contributed by atoms with Crippen LogP contribution in [0.15, 0.2) is 60.7 Å². The van der Waals surface area contributed by atoms with Gasteiger partial charge in [0.2, 0.25) is 0 Å². The van der Waals surface area contributed by atoms with E-state index < -0.39 is 30.1 Å². The number of nitrogens with two attached hydrogens (primary N) is 1. The van der Waals surface area contributed by atoms with Crippen molar-refractivity contribution < 1.29 is 27.5 Å². The summed E-state index contributed by atoms with van der Waals surface area (Å²) >= 11 is 0. The third-order valence-corrected chi connectivity index (χ3v) is 3.37. The van der Waals surface area contributed by atoms with Gasteiger partial charge in [-0.1, -0.05) is 60.7 Å². The summed E-state index contributed by atoms with van der Waals surface area (Å²) in [6, 6.07) is 15.6. The lowest BCUT2D eigenvalue weighted by atomic mass is 9.85. The third-order valence-electron chi connectivity index (χ3n) is 3.37. The topological polar surface area (TPSA) is 69.4 Å². The van der Waals surface area contributed by atoms with Gasteiger partial charge in [0, 0.05) is 5.92 Å². The van der Waals surface area contributed by atoms with Gasteiger partial charge in [0.15, 0.2) is 0 Å². The molecule has 0 aliphatic rings. The largest absolute Gasteiger partial charge is 0.491 e. The van der Waals surface area contributed by atoms with E-state index in [1.807, 2.05) is 0 Å². The summed E-state index contributed by atoms with van der Waals surface area (Å²) in [5, 5.41) is 0. The average molecular weight is 337 g/mol. The molecule has 2 aromatic carbocycles. The van der Waals surface area contributed by atoms with Crippen LogP contribution >= 0.6 is 0 Å². The van der Waals surface area contributed by atoms with Crippen molar-refractivity contribution in [3.05, 3.63) is 71.8 Å². The number of rotatable bonds is 4. The van der Waals surface area contributed by atoms with Gasteiger partial charge in [-0.25, -0.2) is 9.59 Å². The molecule has 1 atom stereocenters. The van der Waals surface area contributed by atoms with E-state index in [0.717, 1.165) is 0 Å². The van der Waals surface area contributed by atoms with Crippen LogP contribution in [0.25, 0.3) is 0 Å². The van der Waals surface area contributed by atoms with Crippen LogP contribution in [0, 0.1) is 0 Å². The fourth-order valence-corrected chi connectivity index (χ4v) is 2.28. The highest BCUT2D eigenvalue weighted by atomic mass is 19.4. The van der Waals surface area contributed by atoms with Crippen molar-refractivity contribution in [2.24, 2.45) is 5.73 Å². The van der Waals surface area contributed by atoms with Gasteiger partial charge in [0.05, 0.1) is 0 Å².